The van der Waals surface area contributed by atoms with Gasteiger partial charge in [-0.3, -0.25) is 9.67 Å². The minimum Gasteiger partial charge on any atom is -0.297 e. The Balaban J connectivity index is 2.16. The van der Waals surface area contributed by atoms with Crippen LogP contribution in [0.1, 0.15) is 69.1 Å². The van der Waals surface area contributed by atoms with Gasteiger partial charge >= 0.3 is 0 Å². The van der Waals surface area contributed by atoms with Gasteiger partial charge in [-0.05, 0) is 38.9 Å². The molecule has 0 unspecified atom stereocenters. The summed E-state index contributed by atoms with van der Waals surface area (Å²) < 4.78 is 2.79. The van der Waals surface area contributed by atoms with Gasteiger partial charge in [-0.25, -0.2) is 4.98 Å². The maximum absolute atomic E-state index is 5.36. The number of rotatable bonds is 4. The predicted molar refractivity (Wildman–Crippen MR) is 85.0 cm³/mol. The Bertz CT molecular complexity index is 674. The Morgan fingerprint density at radius 2 is 2.00 bits per heavy atom. The van der Waals surface area contributed by atoms with Gasteiger partial charge in [-0.1, -0.05) is 13.8 Å². The molecule has 2 aromatic heterocycles. The van der Waals surface area contributed by atoms with Gasteiger partial charge in [0.25, 0.3) is 0 Å². The monoisotopic (exact) mass is 308 g/mol. The summed E-state index contributed by atoms with van der Waals surface area (Å²) in [4.78, 5) is 6.08. The number of nitrogens with one attached hydrogen (secondary N) is 1. The standard InChI is InChI=1S/C14H20N4S2/c1-7(2)13-15-10(9-5-6-9)11(20-13)12-16-17-14(19)18(12)8(3)4/h7-9H,5-6H2,1-4H3,(H,17,19). The van der Waals surface area contributed by atoms with Crippen LogP contribution in [0.5, 0.6) is 0 Å². The molecule has 2 aromatic rings. The number of nitrogens with zero attached hydrogens (tertiary/aromatic N) is 3. The molecule has 2 heterocycles. The lowest BCUT2D eigenvalue weighted by molar-refractivity contribution is 0.597. The van der Waals surface area contributed by atoms with Crippen molar-refractivity contribution >= 4 is 23.6 Å². The molecule has 1 N–H and O–H groups in total. The lowest BCUT2D eigenvalue weighted by atomic mass is 10.2. The van der Waals surface area contributed by atoms with Crippen LogP contribution in [-0.4, -0.2) is 19.7 Å². The summed E-state index contributed by atoms with van der Waals surface area (Å²) in [5.41, 5.74) is 1.23. The van der Waals surface area contributed by atoms with E-state index in [9.17, 15) is 0 Å². The van der Waals surface area contributed by atoms with Crippen LogP contribution in [0.4, 0.5) is 0 Å². The Morgan fingerprint density at radius 1 is 1.30 bits per heavy atom. The number of hydrogen-bond acceptors (Lipinski definition) is 4. The topological polar surface area (TPSA) is 46.5 Å². The van der Waals surface area contributed by atoms with Crippen LogP contribution in [0.25, 0.3) is 10.7 Å². The number of hydrogen-bond donors (Lipinski definition) is 1. The minimum absolute atomic E-state index is 0.299. The van der Waals surface area contributed by atoms with E-state index in [2.05, 4.69) is 42.5 Å². The quantitative estimate of drug-likeness (QED) is 0.837. The lowest BCUT2D eigenvalue weighted by Crippen LogP contribution is -2.03. The van der Waals surface area contributed by atoms with Crippen molar-refractivity contribution in [1.29, 1.82) is 0 Å². The molecule has 20 heavy (non-hydrogen) atoms. The molecule has 0 atom stereocenters. The molecular weight excluding hydrogens is 288 g/mol. The number of aromatic amines is 1. The van der Waals surface area contributed by atoms with Gasteiger partial charge in [-0.15, -0.1) is 11.3 Å². The SMILES string of the molecule is CC(C)c1nc(C2CC2)c(-c2n[nH]c(=S)n2C(C)C)s1. The second-order valence-corrected chi connectivity index (χ2v) is 7.43. The molecule has 0 radical (unpaired) electrons. The van der Waals surface area contributed by atoms with E-state index >= 15 is 0 Å². The predicted octanol–water partition coefficient (Wildman–Crippen LogP) is 4.65. The Morgan fingerprint density at radius 3 is 2.55 bits per heavy atom. The van der Waals surface area contributed by atoms with Gasteiger partial charge in [0.2, 0.25) is 0 Å². The van der Waals surface area contributed by atoms with Gasteiger partial charge in [-0.2, -0.15) is 5.10 Å². The Labute approximate surface area is 128 Å². The summed E-state index contributed by atoms with van der Waals surface area (Å²) in [6.07, 6.45) is 2.50. The molecule has 0 spiro atoms. The normalized spacial score (nSPS) is 15.5. The van der Waals surface area contributed by atoms with Gasteiger partial charge in [0, 0.05) is 17.9 Å². The molecule has 1 aliphatic carbocycles. The highest BCUT2D eigenvalue weighted by Crippen LogP contribution is 2.46. The summed E-state index contributed by atoms with van der Waals surface area (Å²) >= 11 is 7.13. The molecular formula is C14H20N4S2. The molecule has 0 saturated heterocycles. The second kappa shape index (κ2) is 5.07. The van der Waals surface area contributed by atoms with Gasteiger partial charge in [0.15, 0.2) is 10.6 Å². The summed E-state index contributed by atoms with van der Waals surface area (Å²) in [6.45, 7) is 8.66. The van der Waals surface area contributed by atoms with E-state index in [-0.39, 0.29) is 0 Å². The van der Waals surface area contributed by atoms with Gasteiger partial charge in [0.05, 0.1) is 15.6 Å². The van der Waals surface area contributed by atoms with Crippen molar-refractivity contribution in [3.05, 3.63) is 15.5 Å². The zero-order valence-electron chi connectivity index (χ0n) is 12.3. The molecule has 1 saturated carbocycles. The van der Waals surface area contributed by atoms with E-state index in [1.165, 1.54) is 28.4 Å². The first-order valence-electron chi connectivity index (χ1n) is 7.17. The van der Waals surface area contributed by atoms with E-state index < -0.39 is 0 Å². The van der Waals surface area contributed by atoms with Crippen LogP contribution < -0.4 is 0 Å². The fourth-order valence-electron chi connectivity index (χ4n) is 2.33. The van der Waals surface area contributed by atoms with Gasteiger partial charge in [0.1, 0.15) is 0 Å². The zero-order valence-corrected chi connectivity index (χ0v) is 13.9. The van der Waals surface area contributed by atoms with Crippen molar-refractivity contribution in [3.8, 4) is 10.7 Å². The molecule has 1 fully saturated rings. The summed E-state index contributed by atoms with van der Waals surface area (Å²) in [5.74, 6) is 2.04. The van der Waals surface area contributed by atoms with Crippen molar-refractivity contribution in [1.82, 2.24) is 19.7 Å². The minimum atomic E-state index is 0.299. The Kier molecular flexibility index (Phi) is 3.54. The molecule has 3 rings (SSSR count). The molecule has 0 aromatic carbocycles. The first-order chi connectivity index (χ1) is 9.49. The van der Waals surface area contributed by atoms with Crippen LogP contribution >= 0.6 is 23.6 Å². The molecule has 0 amide bonds. The van der Waals surface area contributed by atoms with E-state index in [1.54, 1.807) is 11.3 Å². The fourth-order valence-corrected chi connectivity index (χ4v) is 3.82. The molecule has 4 nitrogen and oxygen atoms in total. The third-order valence-corrected chi connectivity index (χ3v) is 5.21. The third-order valence-electron chi connectivity index (χ3n) is 3.55. The average Bonchev–Trinajstić information content (AvgIpc) is 2.99. The summed E-state index contributed by atoms with van der Waals surface area (Å²) in [5, 5.41) is 8.60. The zero-order chi connectivity index (χ0) is 14.4. The van der Waals surface area contributed by atoms with Gasteiger partial charge < -0.3 is 0 Å². The molecule has 0 aliphatic heterocycles. The van der Waals surface area contributed by atoms with Crippen molar-refractivity contribution < 1.29 is 0 Å². The van der Waals surface area contributed by atoms with Crippen LogP contribution in [0.3, 0.4) is 0 Å². The summed E-state index contributed by atoms with van der Waals surface area (Å²) in [6, 6.07) is 0.299. The maximum atomic E-state index is 5.36. The highest BCUT2D eigenvalue weighted by Gasteiger charge is 2.32. The average molecular weight is 308 g/mol. The number of aromatic nitrogens is 4. The number of thiazole rings is 1. The van der Waals surface area contributed by atoms with Crippen molar-refractivity contribution in [3.63, 3.8) is 0 Å². The van der Waals surface area contributed by atoms with Crippen LogP contribution in [-0.2, 0) is 0 Å². The van der Waals surface area contributed by atoms with E-state index in [1.807, 2.05) is 0 Å². The van der Waals surface area contributed by atoms with E-state index in [0.29, 0.717) is 22.6 Å². The van der Waals surface area contributed by atoms with Crippen molar-refractivity contribution in [2.45, 2.75) is 58.4 Å². The maximum Gasteiger partial charge on any atom is 0.195 e. The van der Waals surface area contributed by atoms with Crippen LogP contribution in [0.15, 0.2) is 0 Å². The fraction of sp³-hybridized carbons (Fsp3) is 0.643. The largest absolute Gasteiger partial charge is 0.297 e. The Hall–Kier alpha value is -1.01. The highest BCUT2D eigenvalue weighted by molar-refractivity contribution is 7.71. The molecule has 1 aliphatic rings. The second-order valence-electron chi connectivity index (χ2n) is 6.01. The molecule has 108 valence electrons. The smallest absolute Gasteiger partial charge is 0.195 e. The van der Waals surface area contributed by atoms with Crippen LogP contribution in [0, 0.1) is 4.77 Å². The highest BCUT2D eigenvalue weighted by atomic mass is 32.1. The lowest BCUT2D eigenvalue weighted by Gasteiger charge is -2.09. The molecule has 6 heteroatoms. The first kappa shape index (κ1) is 13.9. The molecule has 0 bridgehead atoms. The van der Waals surface area contributed by atoms with E-state index in [4.69, 9.17) is 17.2 Å². The summed E-state index contributed by atoms with van der Waals surface area (Å²) in [7, 11) is 0. The van der Waals surface area contributed by atoms with Crippen molar-refractivity contribution in [2.75, 3.05) is 0 Å². The van der Waals surface area contributed by atoms with E-state index in [0.717, 1.165) is 5.82 Å². The first-order valence-corrected chi connectivity index (χ1v) is 8.39. The number of H-pyrrole nitrogens is 1. The third kappa shape index (κ3) is 2.35. The van der Waals surface area contributed by atoms with Crippen molar-refractivity contribution in [2.24, 2.45) is 0 Å². The van der Waals surface area contributed by atoms with Crippen LogP contribution in [0.2, 0.25) is 0 Å².